The van der Waals surface area contributed by atoms with Crippen LogP contribution in [0.5, 0.6) is 0 Å². The van der Waals surface area contributed by atoms with E-state index in [0.717, 1.165) is 73.0 Å². The Morgan fingerprint density at radius 3 is 2.50 bits per heavy atom. The van der Waals surface area contributed by atoms with Gasteiger partial charge in [0.05, 0.1) is 11.9 Å². The first kappa shape index (κ1) is 29.9. The summed E-state index contributed by atoms with van der Waals surface area (Å²) in [4.78, 5) is 47.5. The summed E-state index contributed by atoms with van der Waals surface area (Å²) in [6.45, 7) is 2.78. The molecule has 236 valence electrons. The molecule has 10 nitrogen and oxygen atoms in total. The second-order valence-electron chi connectivity index (χ2n) is 12.3. The standard InChI is InChI=1S/C35H38N8O2S/c1-40(2)34(45)30-21-26-22-37-35(39-32(26)43(30)27-9-3-4-10-27)38-31-13-12-28(23-36-31)41-14-16-42(17-15-41)33(44)25-8-5-7-24(19-25)20-29-11-6-18-46-29/h5-8,11-13,18-19,21-23,27H,3-4,9-10,14-17,20H2,1-2H3,(H,36,37,38,39). The SMILES string of the molecule is CN(C)C(=O)c1cc2cnc(Nc3ccc(N4CCN(C(=O)c5cccc(Cc6cccs6)c5)CC4)cn3)nc2n1C1CCCC1. The summed E-state index contributed by atoms with van der Waals surface area (Å²) in [6.07, 6.45) is 8.86. The molecule has 0 unspecified atom stereocenters. The van der Waals surface area contributed by atoms with Crippen LogP contribution in [0.4, 0.5) is 17.5 Å². The topological polar surface area (TPSA) is 99.5 Å². The minimum absolute atomic E-state index is 0.0269. The molecular formula is C35H38N8O2S. The zero-order valence-electron chi connectivity index (χ0n) is 26.2. The Labute approximate surface area is 272 Å². The lowest BCUT2D eigenvalue weighted by Gasteiger charge is -2.36. The Kier molecular flexibility index (Phi) is 8.40. The van der Waals surface area contributed by atoms with E-state index in [4.69, 9.17) is 4.98 Å². The molecule has 0 atom stereocenters. The van der Waals surface area contributed by atoms with Crippen LogP contribution in [0.3, 0.4) is 0 Å². The Balaban J connectivity index is 0.997. The maximum absolute atomic E-state index is 13.3. The van der Waals surface area contributed by atoms with Gasteiger partial charge in [-0.2, -0.15) is 4.98 Å². The maximum atomic E-state index is 13.3. The Bertz CT molecular complexity index is 1840. The lowest BCUT2D eigenvalue weighted by Crippen LogP contribution is -2.48. The van der Waals surface area contributed by atoms with E-state index in [9.17, 15) is 9.59 Å². The summed E-state index contributed by atoms with van der Waals surface area (Å²) in [5.74, 6) is 1.14. The predicted molar refractivity (Wildman–Crippen MR) is 182 cm³/mol. The van der Waals surface area contributed by atoms with Crippen molar-refractivity contribution >= 4 is 51.6 Å². The van der Waals surface area contributed by atoms with Gasteiger partial charge in [0.2, 0.25) is 5.95 Å². The quantitative estimate of drug-likeness (QED) is 0.224. The average molecular weight is 635 g/mol. The second kappa shape index (κ2) is 12.9. The van der Waals surface area contributed by atoms with Crippen LogP contribution in [0.25, 0.3) is 11.0 Å². The highest BCUT2D eigenvalue weighted by Gasteiger charge is 2.27. The van der Waals surface area contributed by atoms with Crippen LogP contribution >= 0.6 is 11.3 Å². The fraction of sp³-hybridized carbons (Fsp3) is 0.343. The van der Waals surface area contributed by atoms with Gasteiger partial charge in [0.25, 0.3) is 11.8 Å². The lowest BCUT2D eigenvalue weighted by molar-refractivity contribution is 0.0746. The fourth-order valence-corrected chi connectivity index (χ4v) is 7.27. The first-order valence-corrected chi connectivity index (χ1v) is 16.8. The van der Waals surface area contributed by atoms with Crippen LogP contribution in [0.2, 0.25) is 0 Å². The van der Waals surface area contributed by atoms with E-state index in [-0.39, 0.29) is 17.9 Å². The number of rotatable bonds is 8. The summed E-state index contributed by atoms with van der Waals surface area (Å²) in [5, 5.41) is 6.19. The van der Waals surface area contributed by atoms with Gasteiger partial charge >= 0.3 is 0 Å². The summed E-state index contributed by atoms with van der Waals surface area (Å²) in [7, 11) is 3.56. The van der Waals surface area contributed by atoms with Gasteiger partial charge in [-0.3, -0.25) is 9.59 Å². The number of nitrogens with zero attached hydrogens (tertiary/aromatic N) is 7. The number of piperazine rings is 1. The highest BCUT2D eigenvalue weighted by molar-refractivity contribution is 7.09. The van der Waals surface area contributed by atoms with Gasteiger partial charge in [0, 0.05) is 74.8 Å². The maximum Gasteiger partial charge on any atom is 0.270 e. The third kappa shape index (κ3) is 6.19. The van der Waals surface area contributed by atoms with E-state index in [1.165, 1.54) is 4.88 Å². The Hall–Kier alpha value is -4.77. The van der Waals surface area contributed by atoms with Crippen molar-refractivity contribution in [3.63, 3.8) is 0 Å². The number of amides is 2. The number of hydrogen-bond acceptors (Lipinski definition) is 8. The summed E-state index contributed by atoms with van der Waals surface area (Å²) in [5.41, 5.74) is 4.34. The summed E-state index contributed by atoms with van der Waals surface area (Å²) in [6, 6.07) is 18.3. The van der Waals surface area contributed by atoms with Gasteiger partial charge in [0.1, 0.15) is 17.2 Å². The number of carbonyl (C=O) groups excluding carboxylic acids is 2. The van der Waals surface area contributed by atoms with Crippen molar-refractivity contribution < 1.29 is 9.59 Å². The van der Waals surface area contributed by atoms with Gasteiger partial charge in [-0.1, -0.05) is 31.0 Å². The van der Waals surface area contributed by atoms with Crippen LogP contribution in [-0.4, -0.2) is 81.4 Å². The summed E-state index contributed by atoms with van der Waals surface area (Å²) >= 11 is 1.74. The highest BCUT2D eigenvalue weighted by atomic mass is 32.1. The molecule has 0 spiro atoms. The van der Waals surface area contributed by atoms with E-state index in [1.807, 2.05) is 47.5 Å². The predicted octanol–water partition coefficient (Wildman–Crippen LogP) is 6.00. The molecule has 1 N–H and O–H groups in total. The van der Waals surface area contributed by atoms with Gasteiger partial charge < -0.3 is 24.6 Å². The third-order valence-electron chi connectivity index (χ3n) is 8.94. The van der Waals surface area contributed by atoms with E-state index in [2.05, 4.69) is 48.3 Å². The van der Waals surface area contributed by atoms with Gasteiger partial charge in [-0.05, 0) is 60.2 Å². The molecule has 1 aliphatic carbocycles. The summed E-state index contributed by atoms with van der Waals surface area (Å²) < 4.78 is 2.11. The molecular weight excluding hydrogens is 597 g/mol. The van der Waals surface area contributed by atoms with E-state index >= 15 is 0 Å². The van der Waals surface area contributed by atoms with E-state index in [1.54, 1.807) is 36.5 Å². The number of benzene rings is 1. The van der Waals surface area contributed by atoms with Crippen LogP contribution < -0.4 is 10.2 Å². The van der Waals surface area contributed by atoms with Crippen molar-refractivity contribution in [3.05, 3.63) is 94.1 Å². The molecule has 1 aromatic carbocycles. The molecule has 2 aliphatic rings. The molecule has 11 heteroatoms. The molecule has 5 aromatic rings. The van der Waals surface area contributed by atoms with Crippen LogP contribution in [0.15, 0.2) is 72.4 Å². The molecule has 2 amide bonds. The number of aromatic nitrogens is 4. The van der Waals surface area contributed by atoms with Crippen molar-refractivity contribution in [1.29, 1.82) is 0 Å². The largest absolute Gasteiger partial charge is 0.367 e. The number of anilines is 3. The van der Waals surface area contributed by atoms with Gasteiger partial charge in [-0.25, -0.2) is 9.97 Å². The number of hydrogen-bond donors (Lipinski definition) is 1. The second-order valence-corrected chi connectivity index (χ2v) is 13.3. The highest BCUT2D eigenvalue weighted by Crippen LogP contribution is 2.35. The molecule has 1 saturated carbocycles. The zero-order chi connectivity index (χ0) is 31.6. The minimum Gasteiger partial charge on any atom is -0.367 e. The average Bonchev–Trinajstić information content (AvgIpc) is 3.86. The molecule has 5 heterocycles. The van der Waals surface area contributed by atoms with E-state index < -0.39 is 0 Å². The molecule has 46 heavy (non-hydrogen) atoms. The lowest BCUT2D eigenvalue weighted by atomic mass is 10.1. The molecule has 0 bridgehead atoms. The van der Waals surface area contributed by atoms with Gasteiger partial charge in [-0.15, -0.1) is 11.3 Å². The number of thiophene rings is 1. The minimum atomic E-state index is -0.0269. The number of carbonyl (C=O) groups is 2. The molecule has 0 radical (unpaired) electrons. The Morgan fingerprint density at radius 1 is 0.957 bits per heavy atom. The van der Waals surface area contributed by atoms with Crippen molar-refractivity contribution in [2.45, 2.75) is 38.1 Å². The normalized spacial score (nSPS) is 15.4. The van der Waals surface area contributed by atoms with Gasteiger partial charge in [0.15, 0.2) is 0 Å². The number of pyridine rings is 1. The zero-order valence-corrected chi connectivity index (χ0v) is 27.0. The monoisotopic (exact) mass is 634 g/mol. The number of fused-ring (bicyclic) bond motifs is 1. The molecule has 4 aromatic heterocycles. The van der Waals surface area contributed by atoms with Crippen molar-refractivity contribution in [2.75, 3.05) is 50.5 Å². The molecule has 1 saturated heterocycles. The number of nitrogens with one attached hydrogen (secondary N) is 1. The smallest absolute Gasteiger partial charge is 0.270 e. The first-order valence-electron chi connectivity index (χ1n) is 15.9. The first-order chi connectivity index (χ1) is 22.4. The van der Waals surface area contributed by atoms with Crippen molar-refractivity contribution in [2.24, 2.45) is 0 Å². The Morgan fingerprint density at radius 2 is 1.78 bits per heavy atom. The third-order valence-corrected chi connectivity index (χ3v) is 9.82. The van der Waals surface area contributed by atoms with Crippen molar-refractivity contribution in [1.82, 2.24) is 29.3 Å². The van der Waals surface area contributed by atoms with Crippen molar-refractivity contribution in [3.8, 4) is 0 Å². The molecule has 7 rings (SSSR count). The molecule has 1 aliphatic heterocycles. The fourth-order valence-electron chi connectivity index (χ4n) is 6.53. The van der Waals surface area contributed by atoms with Crippen LogP contribution in [-0.2, 0) is 6.42 Å². The van der Waals surface area contributed by atoms with Crippen LogP contribution in [0, 0.1) is 0 Å². The van der Waals surface area contributed by atoms with E-state index in [0.29, 0.717) is 30.5 Å². The van der Waals surface area contributed by atoms with Crippen LogP contribution in [0.1, 0.15) is 63.0 Å². The molecule has 2 fully saturated rings.